The van der Waals surface area contributed by atoms with Gasteiger partial charge in [-0.3, -0.25) is 4.79 Å². The van der Waals surface area contributed by atoms with Gasteiger partial charge in [0.1, 0.15) is 0 Å². The van der Waals surface area contributed by atoms with E-state index in [0.717, 1.165) is 0 Å². The molecule has 1 amide bonds. The zero-order valence-corrected chi connectivity index (χ0v) is 15.9. The predicted molar refractivity (Wildman–Crippen MR) is 93.3 cm³/mol. The van der Waals surface area contributed by atoms with Gasteiger partial charge in [0.05, 0.1) is 15.5 Å². The topological polar surface area (TPSA) is 66.5 Å². The highest BCUT2D eigenvalue weighted by molar-refractivity contribution is 7.89. The summed E-state index contributed by atoms with van der Waals surface area (Å²) in [6.07, 6.45) is 0. The molecule has 0 atom stereocenters. The van der Waals surface area contributed by atoms with Crippen molar-refractivity contribution in [1.82, 2.24) is 9.62 Å². The van der Waals surface area contributed by atoms with Gasteiger partial charge in [-0.05, 0) is 23.6 Å². The van der Waals surface area contributed by atoms with Crippen molar-refractivity contribution in [2.45, 2.75) is 39.5 Å². The first kappa shape index (κ1) is 19.9. The summed E-state index contributed by atoms with van der Waals surface area (Å²) in [4.78, 5) is 12.4. The van der Waals surface area contributed by atoms with E-state index < -0.39 is 10.0 Å². The van der Waals surface area contributed by atoms with Crippen molar-refractivity contribution in [2.24, 2.45) is 5.41 Å². The van der Waals surface area contributed by atoms with Crippen LogP contribution in [0.15, 0.2) is 23.1 Å². The summed E-state index contributed by atoms with van der Waals surface area (Å²) in [7, 11) is -3.62. The standard InChI is InChI=1S/C16H25ClN2O3S/c1-6-19(7-2)23(21,22)12-8-9-14(17)13(10-12)15(20)18-11-16(3,4)5/h8-10H,6-7,11H2,1-5H3,(H,18,20). The lowest BCUT2D eigenvalue weighted by Crippen LogP contribution is -2.33. The number of sulfonamides is 1. The van der Waals surface area contributed by atoms with Crippen molar-refractivity contribution in [2.75, 3.05) is 19.6 Å². The molecule has 0 aliphatic heterocycles. The van der Waals surface area contributed by atoms with Gasteiger partial charge in [-0.15, -0.1) is 0 Å². The fraction of sp³-hybridized carbons (Fsp3) is 0.562. The molecule has 0 saturated carbocycles. The lowest BCUT2D eigenvalue weighted by atomic mass is 9.97. The highest BCUT2D eigenvalue weighted by Crippen LogP contribution is 2.23. The largest absolute Gasteiger partial charge is 0.351 e. The van der Waals surface area contributed by atoms with Crippen molar-refractivity contribution in [1.29, 1.82) is 0 Å². The molecule has 0 saturated heterocycles. The van der Waals surface area contributed by atoms with Gasteiger partial charge < -0.3 is 5.32 Å². The lowest BCUT2D eigenvalue weighted by molar-refractivity contribution is 0.0939. The predicted octanol–water partition coefficient (Wildman–Crippen LogP) is 3.15. The Morgan fingerprint density at radius 2 is 1.78 bits per heavy atom. The third-order valence-electron chi connectivity index (χ3n) is 3.30. The van der Waals surface area contributed by atoms with Crippen molar-refractivity contribution in [3.63, 3.8) is 0 Å². The first-order valence-corrected chi connectivity index (χ1v) is 9.42. The monoisotopic (exact) mass is 360 g/mol. The quantitative estimate of drug-likeness (QED) is 0.847. The van der Waals surface area contributed by atoms with Gasteiger partial charge in [0, 0.05) is 19.6 Å². The smallest absolute Gasteiger partial charge is 0.252 e. The van der Waals surface area contributed by atoms with Gasteiger partial charge in [-0.2, -0.15) is 4.31 Å². The maximum Gasteiger partial charge on any atom is 0.252 e. The normalized spacial score (nSPS) is 12.5. The molecule has 7 heteroatoms. The molecule has 23 heavy (non-hydrogen) atoms. The number of rotatable bonds is 6. The van der Waals surface area contributed by atoms with Gasteiger partial charge in [0.2, 0.25) is 10.0 Å². The van der Waals surface area contributed by atoms with Gasteiger partial charge in [-0.1, -0.05) is 46.2 Å². The minimum Gasteiger partial charge on any atom is -0.351 e. The Morgan fingerprint density at radius 1 is 1.22 bits per heavy atom. The average Bonchev–Trinajstić information content (AvgIpc) is 2.45. The molecule has 1 N–H and O–H groups in total. The Balaban J connectivity index is 3.16. The molecule has 0 aliphatic rings. The van der Waals surface area contributed by atoms with Crippen LogP contribution in [0.4, 0.5) is 0 Å². The molecule has 0 heterocycles. The molecule has 1 aromatic rings. The van der Waals surface area contributed by atoms with E-state index in [-0.39, 0.29) is 26.8 Å². The zero-order chi connectivity index (χ0) is 17.8. The minimum atomic E-state index is -3.62. The van der Waals surface area contributed by atoms with E-state index in [0.29, 0.717) is 19.6 Å². The van der Waals surface area contributed by atoms with Crippen molar-refractivity contribution in [3.8, 4) is 0 Å². The number of amides is 1. The first-order chi connectivity index (χ1) is 10.5. The third-order valence-corrected chi connectivity index (χ3v) is 5.68. The second kappa shape index (κ2) is 7.64. The van der Waals surface area contributed by atoms with Crippen LogP contribution in [0.1, 0.15) is 45.0 Å². The van der Waals surface area contributed by atoms with Crippen LogP contribution in [0.2, 0.25) is 5.02 Å². The number of benzene rings is 1. The van der Waals surface area contributed by atoms with E-state index in [4.69, 9.17) is 11.6 Å². The molecule has 130 valence electrons. The van der Waals surface area contributed by atoms with Crippen molar-refractivity contribution >= 4 is 27.5 Å². The number of hydrogen-bond acceptors (Lipinski definition) is 3. The molecular weight excluding hydrogens is 336 g/mol. The van der Waals surface area contributed by atoms with Gasteiger partial charge >= 0.3 is 0 Å². The molecule has 1 rings (SSSR count). The SMILES string of the molecule is CCN(CC)S(=O)(=O)c1ccc(Cl)c(C(=O)NCC(C)(C)C)c1. The van der Waals surface area contributed by atoms with Crippen LogP contribution in [0.5, 0.6) is 0 Å². The highest BCUT2D eigenvalue weighted by atomic mass is 35.5. The molecule has 1 aromatic carbocycles. The fourth-order valence-electron chi connectivity index (χ4n) is 1.99. The third kappa shape index (κ3) is 5.19. The fourth-order valence-corrected chi connectivity index (χ4v) is 3.68. The first-order valence-electron chi connectivity index (χ1n) is 7.60. The minimum absolute atomic E-state index is 0.0755. The van der Waals surface area contributed by atoms with E-state index in [1.165, 1.54) is 22.5 Å². The number of nitrogens with zero attached hydrogens (tertiary/aromatic N) is 1. The number of carbonyl (C=O) groups is 1. The molecule has 0 bridgehead atoms. The van der Waals surface area contributed by atoms with E-state index >= 15 is 0 Å². The Bertz CT molecular complexity index is 662. The second-order valence-electron chi connectivity index (χ2n) is 6.47. The Morgan fingerprint density at radius 3 is 2.26 bits per heavy atom. The number of nitrogens with one attached hydrogen (secondary N) is 1. The molecule has 0 aromatic heterocycles. The molecule has 0 fully saturated rings. The zero-order valence-electron chi connectivity index (χ0n) is 14.3. The molecular formula is C16H25ClN2O3S. The van der Waals surface area contributed by atoms with E-state index in [9.17, 15) is 13.2 Å². The van der Waals surface area contributed by atoms with Gasteiger partial charge in [0.25, 0.3) is 5.91 Å². The van der Waals surface area contributed by atoms with Crippen LogP contribution in [-0.4, -0.2) is 38.3 Å². The summed E-state index contributed by atoms with van der Waals surface area (Å²) in [5.74, 6) is -0.374. The molecule has 0 aliphatic carbocycles. The summed E-state index contributed by atoms with van der Waals surface area (Å²) < 4.78 is 26.4. The van der Waals surface area contributed by atoms with Crippen LogP contribution in [0.3, 0.4) is 0 Å². The summed E-state index contributed by atoms with van der Waals surface area (Å²) >= 11 is 6.07. The summed E-state index contributed by atoms with van der Waals surface area (Å²) in [5, 5.41) is 3.02. The number of carbonyl (C=O) groups excluding carboxylic acids is 1. The summed E-state index contributed by atoms with van der Waals surface area (Å²) in [5.41, 5.74) is 0.0942. The lowest BCUT2D eigenvalue weighted by Gasteiger charge is -2.20. The van der Waals surface area contributed by atoms with Crippen LogP contribution < -0.4 is 5.32 Å². The Labute approximate surface area is 144 Å². The Hall–Kier alpha value is -1.11. The van der Waals surface area contributed by atoms with Crippen LogP contribution in [-0.2, 0) is 10.0 Å². The molecule has 5 nitrogen and oxygen atoms in total. The highest BCUT2D eigenvalue weighted by Gasteiger charge is 2.24. The maximum atomic E-state index is 12.5. The van der Waals surface area contributed by atoms with Crippen LogP contribution >= 0.6 is 11.6 Å². The Kier molecular flexibility index (Phi) is 6.62. The van der Waals surface area contributed by atoms with E-state index in [1.807, 2.05) is 20.8 Å². The van der Waals surface area contributed by atoms with Gasteiger partial charge in [-0.25, -0.2) is 8.42 Å². The summed E-state index contributed by atoms with van der Waals surface area (Å²) in [6, 6.07) is 4.22. The van der Waals surface area contributed by atoms with E-state index in [1.54, 1.807) is 13.8 Å². The van der Waals surface area contributed by atoms with Gasteiger partial charge in [0.15, 0.2) is 0 Å². The molecule has 0 unspecified atom stereocenters. The number of halogens is 1. The number of hydrogen-bond donors (Lipinski definition) is 1. The van der Waals surface area contributed by atoms with E-state index in [2.05, 4.69) is 5.32 Å². The summed E-state index contributed by atoms with van der Waals surface area (Å²) in [6.45, 7) is 10.7. The molecule has 0 spiro atoms. The van der Waals surface area contributed by atoms with Crippen LogP contribution in [0.25, 0.3) is 0 Å². The average molecular weight is 361 g/mol. The van der Waals surface area contributed by atoms with Crippen LogP contribution in [0, 0.1) is 5.41 Å². The second-order valence-corrected chi connectivity index (χ2v) is 8.82. The van der Waals surface area contributed by atoms with Crippen molar-refractivity contribution in [3.05, 3.63) is 28.8 Å². The van der Waals surface area contributed by atoms with Crippen molar-refractivity contribution < 1.29 is 13.2 Å². The maximum absolute atomic E-state index is 12.5. The molecule has 0 radical (unpaired) electrons.